The monoisotopic (exact) mass is 365 g/mol. The van der Waals surface area contributed by atoms with Gasteiger partial charge in [-0.3, -0.25) is 14.5 Å². The van der Waals surface area contributed by atoms with Crippen LogP contribution in [0.4, 0.5) is 0 Å². The quantitative estimate of drug-likeness (QED) is 0.617. The summed E-state index contributed by atoms with van der Waals surface area (Å²) in [5.41, 5.74) is 5.15. The summed E-state index contributed by atoms with van der Waals surface area (Å²) < 4.78 is 0. The molecule has 7 rings (SSSR count). The highest BCUT2D eigenvalue weighted by Gasteiger charge is 2.67. The van der Waals surface area contributed by atoms with Gasteiger partial charge in [-0.25, -0.2) is 0 Å². The summed E-state index contributed by atoms with van der Waals surface area (Å²) in [7, 11) is 1.64. The molecule has 3 aliphatic carbocycles. The van der Waals surface area contributed by atoms with Gasteiger partial charge in [0, 0.05) is 13.0 Å². The van der Waals surface area contributed by atoms with E-state index in [1.807, 2.05) is 42.5 Å². The molecule has 28 heavy (non-hydrogen) atoms. The summed E-state index contributed by atoms with van der Waals surface area (Å²) in [5, 5.41) is 0. The Kier molecular flexibility index (Phi) is 2.94. The molecule has 1 aliphatic heterocycles. The molecule has 1 heterocycles. The third-order valence-electron chi connectivity index (χ3n) is 7.07. The van der Waals surface area contributed by atoms with E-state index >= 15 is 0 Å². The first-order valence-corrected chi connectivity index (χ1v) is 9.73. The number of hydrogen-bond donors (Lipinski definition) is 0. The first kappa shape index (κ1) is 15.8. The summed E-state index contributed by atoms with van der Waals surface area (Å²) in [5.74, 6) is -0.925. The normalized spacial score (nSPS) is 29.5. The number of amides is 2. The van der Waals surface area contributed by atoms with Crippen molar-refractivity contribution >= 4 is 11.8 Å². The molecule has 0 N–H and O–H groups in total. The van der Waals surface area contributed by atoms with Crippen LogP contribution in [-0.4, -0.2) is 23.8 Å². The number of rotatable bonds is 1. The van der Waals surface area contributed by atoms with Crippen molar-refractivity contribution in [3.63, 3.8) is 0 Å². The summed E-state index contributed by atoms with van der Waals surface area (Å²) in [6.07, 6.45) is 0. The van der Waals surface area contributed by atoms with E-state index in [0.29, 0.717) is 0 Å². The van der Waals surface area contributed by atoms with E-state index in [9.17, 15) is 9.59 Å². The van der Waals surface area contributed by atoms with Crippen LogP contribution in [0.5, 0.6) is 0 Å². The molecule has 3 aromatic rings. The van der Waals surface area contributed by atoms with Crippen molar-refractivity contribution < 1.29 is 9.59 Å². The van der Waals surface area contributed by atoms with E-state index in [1.165, 1.54) is 27.2 Å². The molecule has 4 aliphatic rings. The first-order valence-electron chi connectivity index (χ1n) is 9.73. The molecular formula is C25H19NO2. The van der Waals surface area contributed by atoms with Gasteiger partial charge in [0.15, 0.2) is 0 Å². The van der Waals surface area contributed by atoms with Crippen molar-refractivity contribution in [2.45, 2.75) is 11.3 Å². The maximum Gasteiger partial charge on any atom is 0.234 e. The maximum absolute atomic E-state index is 13.4. The number of nitrogens with zero attached hydrogens (tertiary/aromatic N) is 1. The second-order valence-corrected chi connectivity index (χ2v) is 8.07. The van der Waals surface area contributed by atoms with E-state index in [0.717, 1.165) is 5.56 Å². The lowest BCUT2D eigenvalue weighted by Gasteiger charge is -2.54. The molecule has 0 spiro atoms. The van der Waals surface area contributed by atoms with E-state index in [1.54, 1.807) is 7.05 Å². The average Bonchev–Trinajstić information content (AvgIpc) is 2.99. The van der Waals surface area contributed by atoms with Crippen LogP contribution in [0.1, 0.15) is 33.7 Å². The zero-order valence-electron chi connectivity index (χ0n) is 15.5. The first-order chi connectivity index (χ1) is 13.7. The molecule has 2 bridgehead atoms. The minimum atomic E-state index is -0.634. The van der Waals surface area contributed by atoms with Gasteiger partial charge in [0.25, 0.3) is 0 Å². The van der Waals surface area contributed by atoms with Crippen molar-refractivity contribution in [3.8, 4) is 0 Å². The Morgan fingerprint density at radius 1 is 0.714 bits per heavy atom. The third kappa shape index (κ3) is 1.58. The standard InChI is InChI=1S/C25H19NO2/c1-26-23(27)21-20-16-11-5-7-13-18(16)25(22(21)24(26)28,15-9-3-2-4-10-15)19-14-8-6-12-17(19)20/h2-14,20-22H,1H3. The summed E-state index contributed by atoms with van der Waals surface area (Å²) in [6.45, 7) is 0. The van der Waals surface area contributed by atoms with Crippen molar-refractivity contribution in [2.24, 2.45) is 11.8 Å². The van der Waals surface area contributed by atoms with Gasteiger partial charge in [-0.1, -0.05) is 78.9 Å². The Balaban J connectivity index is 1.83. The van der Waals surface area contributed by atoms with Gasteiger partial charge in [-0.2, -0.15) is 0 Å². The average molecular weight is 365 g/mol. The van der Waals surface area contributed by atoms with Gasteiger partial charge < -0.3 is 0 Å². The molecule has 2 unspecified atom stereocenters. The minimum absolute atomic E-state index is 0.0516. The second-order valence-electron chi connectivity index (χ2n) is 8.07. The van der Waals surface area contributed by atoms with Crippen molar-refractivity contribution in [3.05, 3.63) is 107 Å². The molecule has 3 heteroatoms. The Morgan fingerprint density at radius 3 is 1.86 bits per heavy atom. The van der Waals surface area contributed by atoms with Gasteiger partial charge in [0.2, 0.25) is 11.8 Å². The van der Waals surface area contributed by atoms with Crippen molar-refractivity contribution in [2.75, 3.05) is 7.05 Å². The zero-order chi connectivity index (χ0) is 19.0. The number of carbonyl (C=O) groups is 2. The summed E-state index contributed by atoms with van der Waals surface area (Å²) in [6, 6.07) is 27.0. The molecule has 1 fully saturated rings. The fraction of sp³-hybridized carbons (Fsp3) is 0.200. The number of imide groups is 1. The predicted octanol–water partition coefficient (Wildman–Crippen LogP) is 3.71. The fourth-order valence-corrected chi connectivity index (χ4v) is 6.11. The largest absolute Gasteiger partial charge is 0.285 e. The van der Waals surface area contributed by atoms with E-state index in [-0.39, 0.29) is 23.7 Å². The van der Waals surface area contributed by atoms with Crippen LogP contribution in [0, 0.1) is 11.8 Å². The number of benzene rings is 3. The fourth-order valence-electron chi connectivity index (χ4n) is 6.11. The van der Waals surface area contributed by atoms with E-state index in [2.05, 4.69) is 36.4 Å². The van der Waals surface area contributed by atoms with Crippen LogP contribution in [0.3, 0.4) is 0 Å². The Labute approximate surface area is 163 Å². The van der Waals surface area contributed by atoms with E-state index in [4.69, 9.17) is 0 Å². The number of hydrogen-bond acceptors (Lipinski definition) is 2. The van der Waals surface area contributed by atoms with Crippen LogP contribution in [0.25, 0.3) is 0 Å². The smallest absolute Gasteiger partial charge is 0.234 e. The van der Waals surface area contributed by atoms with Crippen LogP contribution in [-0.2, 0) is 15.0 Å². The molecule has 1 saturated heterocycles. The van der Waals surface area contributed by atoms with Crippen LogP contribution < -0.4 is 0 Å². The molecule has 136 valence electrons. The van der Waals surface area contributed by atoms with Gasteiger partial charge in [-0.05, 0) is 27.8 Å². The molecule has 0 saturated carbocycles. The predicted molar refractivity (Wildman–Crippen MR) is 106 cm³/mol. The molecule has 2 amide bonds. The highest BCUT2D eigenvalue weighted by atomic mass is 16.2. The van der Waals surface area contributed by atoms with E-state index < -0.39 is 11.3 Å². The van der Waals surface area contributed by atoms with Gasteiger partial charge in [0.05, 0.1) is 17.3 Å². The number of likely N-dealkylation sites (tertiary alicyclic amines) is 1. The SMILES string of the molecule is CN1C(=O)C2C3c4ccccc4C(c4ccccc4)(c4ccccc43)C2C1=O. The molecule has 2 atom stereocenters. The molecule has 3 aromatic carbocycles. The van der Waals surface area contributed by atoms with Crippen molar-refractivity contribution in [1.82, 2.24) is 4.90 Å². The lowest BCUT2D eigenvalue weighted by atomic mass is 9.45. The van der Waals surface area contributed by atoms with Crippen molar-refractivity contribution in [1.29, 1.82) is 0 Å². The van der Waals surface area contributed by atoms with Gasteiger partial charge >= 0.3 is 0 Å². The van der Waals surface area contributed by atoms with Gasteiger partial charge in [-0.15, -0.1) is 0 Å². The van der Waals surface area contributed by atoms with Crippen LogP contribution in [0.15, 0.2) is 78.9 Å². The Morgan fingerprint density at radius 2 is 1.25 bits per heavy atom. The lowest BCUT2D eigenvalue weighted by Crippen LogP contribution is -2.54. The minimum Gasteiger partial charge on any atom is -0.285 e. The van der Waals surface area contributed by atoms with Gasteiger partial charge in [0.1, 0.15) is 0 Å². The number of carbonyl (C=O) groups excluding carboxylic acids is 2. The maximum atomic E-state index is 13.4. The Hall–Kier alpha value is -3.20. The molecule has 0 aromatic heterocycles. The Bertz CT molecular complexity index is 1100. The topological polar surface area (TPSA) is 37.4 Å². The zero-order valence-corrected chi connectivity index (χ0v) is 15.5. The third-order valence-corrected chi connectivity index (χ3v) is 7.07. The molecule has 3 nitrogen and oxygen atoms in total. The molecular weight excluding hydrogens is 346 g/mol. The highest BCUT2D eigenvalue weighted by molar-refractivity contribution is 6.08. The summed E-state index contributed by atoms with van der Waals surface area (Å²) in [4.78, 5) is 28.0. The van der Waals surface area contributed by atoms with Crippen LogP contribution >= 0.6 is 0 Å². The van der Waals surface area contributed by atoms with Crippen LogP contribution in [0.2, 0.25) is 0 Å². The summed E-state index contributed by atoms with van der Waals surface area (Å²) >= 11 is 0. The second kappa shape index (κ2) is 5.20. The lowest BCUT2D eigenvalue weighted by molar-refractivity contribution is -0.138. The molecule has 0 radical (unpaired) electrons. The highest BCUT2D eigenvalue weighted by Crippen LogP contribution is 2.65.